The van der Waals surface area contributed by atoms with Crippen molar-refractivity contribution in [1.29, 1.82) is 0 Å². The molecule has 2 rings (SSSR count). The zero-order chi connectivity index (χ0) is 13.3. The molecule has 0 aliphatic carbocycles. The van der Waals surface area contributed by atoms with E-state index < -0.39 is 5.54 Å². The summed E-state index contributed by atoms with van der Waals surface area (Å²) in [5.74, 6) is 0.625. The minimum atomic E-state index is -0.442. The molecule has 0 radical (unpaired) electrons. The number of anilines is 1. The summed E-state index contributed by atoms with van der Waals surface area (Å²) in [7, 11) is 0. The van der Waals surface area contributed by atoms with Crippen LogP contribution in [0, 0.1) is 0 Å². The first-order valence-electron chi connectivity index (χ1n) is 5.98. The molecule has 0 spiro atoms. The monoisotopic (exact) mass is 249 g/mol. The van der Waals surface area contributed by atoms with Crippen LogP contribution >= 0.6 is 0 Å². The normalized spacial score (nSPS) is 15.3. The molecule has 1 amide bonds. The van der Waals surface area contributed by atoms with Crippen LogP contribution < -0.4 is 21.1 Å². The molecule has 1 aliphatic rings. The van der Waals surface area contributed by atoms with Crippen molar-refractivity contribution in [3.05, 3.63) is 23.8 Å². The van der Waals surface area contributed by atoms with Gasteiger partial charge < -0.3 is 16.2 Å². The molecule has 5 nitrogen and oxygen atoms in total. The average Bonchev–Trinajstić information content (AvgIpc) is 2.37. The second-order valence-electron chi connectivity index (χ2n) is 5.04. The zero-order valence-electron chi connectivity index (χ0n) is 10.8. The Morgan fingerprint density at radius 2 is 2.11 bits per heavy atom. The summed E-state index contributed by atoms with van der Waals surface area (Å²) >= 11 is 0. The van der Waals surface area contributed by atoms with Gasteiger partial charge in [-0.15, -0.1) is 0 Å². The molecule has 0 saturated heterocycles. The molecule has 98 valence electrons. The predicted molar refractivity (Wildman–Crippen MR) is 70.4 cm³/mol. The molecule has 1 aliphatic heterocycles. The number of carbonyl (C=O) groups is 1. The minimum absolute atomic E-state index is 0.0540. The second-order valence-corrected chi connectivity index (χ2v) is 5.04. The van der Waals surface area contributed by atoms with Crippen LogP contribution in [0.2, 0.25) is 0 Å². The first-order chi connectivity index (χ1) is 8.49. The molecule has 0 saturated carbocycles. The van der Waals surface area contributed by atoms with Crippen LogP contribution in [0.25, 0.3) is 0 Å². The third kappa shape index (κ3) is 2.07. The Labute approximate surface area is 107 Å². The molecule has 5 heteroatoms. The Hall–Kier alpha value is -1.59. The summed E-state index contributed by atoms with van der Waals surface area (Å²) in [6, 6.07) is 5.65. The van der Waals surface area contributed by atoms with Crippen molar-refractivity contribution < 1.29 is 9.53 Å². The predicted octanol–water partition coefficient (Wildman–Crippen LogP) is 0.608. The Morgan fingerprint density at radius 1 is 1.39 bits per heavy atom. The van der Waals surface area contributed by atoms with E-state index in [4.69, 9.17) is 16.2 Å². The van der Waals surface area contributed by atoms with Crippen LogP contribution in [0.3, 0.4) is 0 Å². The summed E-state index contributed by atoms with van der Waals surface area (Å²) < 4.78 is 5.43. The van der Waals surface area contributed by atoms with Gasteiger partial charge in [0, 0.05) is 13.1 Å². The van der Waals surface area contributed by atoms with Crippen LogP contribution in [0.15, 0.2) is 18.2 Å². The van der Waals surface area contributed by atoms with E-state index in [0.29, 0.717) is 18.8 Å². The number of nitrogens with zero attached hydrogens (tertiary/aromatic N) is 1. The van der Waals surface area contributed by atoms with Gasteiger partial charge in [-0.2, -0.15) is 0 Å². The third-order valence-electron chi connectivity index (χ3n) is 3.21. The maximum absolute atomic E-state index is 12.1. The SMILES string of the molecule is CC(C)(CN)N1C(=O)COc2ccc(CN)cc21. The van der Waals surface area contributed by atoms with Crippen molar-refractivity contribution in [3.8, 4) is 5.75 Å². The number of hydrogen-bond acceptors (Lipinski definition) is 4. The van der Waals surface area contributed by atoms with E-state index in [0.717, 1.165) is 11.3 Å². The molecule has 0 atom stereocenters. The quantitative estimate of drug-likeness (QED) is 0.822. The lowest BCUT2D eigenvalue weighted by Crippen LogP contribution is -2.55. The Bertz CT molecular complexity index is 471. The number of ether oxygens (including phenoxy) is 1. The van der Waals surface area contributed by atoms with Crippen molar-refractivity contribution in [1.82, 2.24) is 0 Å². The van der Waals surface area contributed by atoms with Gasteiger partial charge in [0.05, 0.1) is 11.2 Å². The fraction of sp³-hybridized carbons (Fsp3) is 0.462. The lowest BCUT2D eigenvalue weighted by molar-refractivity contribution is -0.122. The molecular formula is C13H19N3O2. The van der Waals surface area contributed by atoms with Crippen LogP contribution in [0.5, 0.6) is 5.75 Å². The first kappa shape index (κ1) is 12.9. The fourth-order valence-corrected chi connectivity index (χ4v) is 2.08. The lowest BCUT2D eigenvalue weighted by Gasteiger charge is -2.41. The number of rotatable bonds is 3. The number of fused-ring (bicyclic) bond motifs is 1. The highest BCUT2D eigenvalue weighted by Crippen LogP contribution is 2.36. The Kier molecular flexibility index (Phi) is 3.28. The molecule has 1 heterocycles. The van der Waals surface area contributed by atoms with Gasteiger partial charge >= 0.3 is 0 Å². The highest BCUT2D eigenvalue weighted by molar-refractivity contribution is 5.99. The van der Waals surface area contributed by atoms with Crippen molar-refractivity contribution in [3.63, 3.8) is 0 Å². The molecule has 4 N–H and O–H groups in total. The van der Waals surface area contributed by atoms with Crippen molar-refractivity contribution in [2.45, 2.75) is 25.9 Å². The van der Waals surface area contributed by atoms with Crippen LogP contribution in [-0.4, -0.2) is 24.6 Å². The summed E-state index contributed by atoms with van der Waals surface area (Å²) in [5.41, 5.74) is 12.7. The van der Waals surface area contributed by atoms with E-state index >= 15 is 0 Å². The van der Waals surface area contributed by atoms with E-state index in [1.54, 1.807) is 4.90 Å². The number of benzene rings is 1. The van der Waals surface area contributed by atoms with Gasteiger partial charge in [0.1, 0.15) is 5.75 Å². The molecule has 0 unspecified atom stereocenters. The zero-order valence-corrected chi connectivity index (χ0v) is 10.8. The molecule has 1 aromatic rings. The van der Waals surface area contributed by atoms with Gasteiger partial charge in [-0.05, 0) is 31.5 Å². The van der Waals surface area contributed by atoms with E-state index in [2.05, 4.69) is 0 Å². The number of hydrogen-bond donors (Lipinski definition) is 2. The van der Waals surface area contributed by atoms with Gasteiger partial charge in [-0.25, -0.2) is 0 Å². The standard InChI is InChI=1S/C13H19N3O2/c1-13(2,8-15)16-10-5-9(6-14)3-4-11(10)18-7-12(16)17/h3-5H,6-8,14-15H2,1-2H3. The van der Waals surface area contributed by atoms with Crippen LogP contribution in [-0.2, 0) is 11.3 Å². The highest BCUT2D eigenvalue weighted by Gasteiger charge is 2.36. The van der Waals surface area contributed by atoms with Gasteiger partial charge in [-0.3, -0.25) is 9.69 Å². The van der Waals surface area contributed by atoms with E-state index in [9.17, 15) is 4.79 Å². The largest absolute Gasteiger partial charge is 0.482 e. The van der Waals surface area contributed by atoms with E-state index in [-0.39, 0.29) is 12.5 Å². The van der Waals surface area contributed by atoms with Crippen LogP contribution in [0.1, 0.15) is 19.4 Å². The molecule has 18 heavy (non-hydrogen) atoms. The lowest BCUT2D eigenvalue weighted by atomic mass is 10.00. The molecule has 0 aromatic heterocycles. The summed E-state index contributed by atoms with van der Waals surface area (Å²) in [4.78, 5) is 13.8. The fourth-order valence-electron chi connectivity index (χ4n) is 2.08. The highest BCUT2D eigenvalue weighted by atomic mass is 16.5. The van der Waals surface area contributed by atoms with Crippen molar-refractivity contribution in [2.75, 3.05) is 18.1 Å². The number of nitrogens with two attached hydrogens (primary N) is 2. The molecule has 0 fully saturated rings. The average molecular weight is 249 g/mol. The molecule has 1 aromatic carbocycles. The summed E-state index contributed by atoms with van der Waals surface area (Å²) in [6.45, 7) is 4.74. The van der Waals surface area contributed by atoms with Crippen LogP contribution in [0.4, 0.5) is 5.69 Å². The van der Waals surface area contributed by atoms with Gasteiger partial charge in [0.25, 0.3) is 5.91 Å². The smallest absolute Gasteiger partial charge is 0.265 e. The second kappa shape index (κ2) is 4.59. The minimum Gasteiger partial charge on any atom is -0.482 e. The van der Waals surface area contributed by atoms with Gasteiger partial charge in [0.2, 0.25) is 0 Å². The molecular weight excluding hydrogens is 230 g/mol. The third-order valence-corrected chi connectivity index (χ3v) is 3.21. The number of carbonyl (C=O) groups excluding carboxylic acids is 1. The van der Waals surface area contributed by atoms with Gasteiger partial charge in [0.15, 0.2) is 6.61 Å². The summed E-state index contributed by atoms with van der Waals surface area (Å²) in [6.07, 6.45) is 0. The van der Waals surface area contributed by atoms with Gasteiger partial charge in [-0.1, -0.05) is 6.07 Å². The maximum atomic E-state index is 12.1. The van der Waals surface area contributed by atoms with E-state index in [1.807, 2.05) is 32.0 Å². The first-order valence-corrected chi connectivity index (χ1v) is 5.98. The van der Waals surface area contributed by atoms with E-state index in [1.165, 1.54) is 0 Å². The Morgan fingerprint density at radius 3 is 2.72 bits per heavy atom. The molecule has 0 bridgehead atoms. The summed E-state index contributed by atoms with van der Waals surface area (Å²) in [5, 5.41) is 0. The maximum Gasteiger partial charge on any atom is 0.265 e. The number of amides is 1. The topological polar surface area (TPSA) is 81.6 Å². The van der Waals surface area contributed by atoms with Crippen molar-refractivity contribution in [2.24, 2.45) is 11.5 Å². The van der Waals surface area contributed by atoms with Crippen molar-refractivity contribution >= 4 is 11.6 Å². The Balaban J connectivity index is 2.52.